The van der Waals surface area contributed by atoms with Crippen LogP contribution in [0, 0.1) is 11.8 Å². The molecule has 2 heterocycles. The molecule has 0 aliphatic heterocycles. The van der Waals surface area contributed by atoms with Crippen molar-refractivity contribution in [3.8, 4) is 0 Å². The molecule has 110 valence electrons. The Labute approximate surface area is 124 Å². The second kappa shape index (κ2) is 6.24. The lowest BCUT2D eigenvalue weighted by atomic mass is 9.76. The molecule has 1 saturated carbocycles. The Kier molecular flexibility index (Phi) is 4.38. The summed E-state index contributed by atoms with van der Waals surface area (Å²) in [6, 6.07) is 0.356. The second-order valence-electron chi connectivity index (χ2n) is 6.00. The number of thiazole rings is 1. The van der Waals surface area contributed by atoms with Crippen LogP contribution in [0.25, 0.3) is 4.96 Å². The Morgan fingerprint density at radius 2 is 2.45 bits per heavy atom. The number of rotatable bonds is 5. The summed E-state index contributed by atoms with van der Waals surface area (Å²) in [7, 11) is 0. The quantitative estimate of drug-likeness (QED) is 0.658. The van der Waals surface area contributed by atoms with E-state index in [0.717, 1.165) is 23.0 Å². The molecule has 0 saturated heterocycles. The van der Waals surface area contributed by atoms with Gasteiger partial charge in [0.1, 0.15) is 0 Å². The van der Waals surface area contributed by atoms with E-state index < -0.39 is 0 Å². The largest absolute Gasteiger partial charge is 0.297 e. The van der Waals surface area contributed by atoms with Crippen molar-refractivity contribution < 1.29 is 0 Å². The van der Waals surface area contributed by atoms with Crippen LogP contribution in [0.1, 0.15) is 44.7 Å². The van der Waals surface area contributed by atoms with Gasteiger partial charge < -0.3 is 0 Å². The number of nitrogens with zero attached hydrogens (tertiary/aromatic N) is 2. The summed E-state index contributed by atoms with van der Waals surface area (Å²) in [4.78, 5) is 5.76. The minimum Gasteiger partial charge on any atom is -0.297 e. The number of hydrogen-bond donors (Lipinski definition) is 2. The van der Waals surface area contributed by atoms with Crippen LogP contribution < -0.4 is 11.3 Å². The maximum absolute atomic E-state index is 5.83. The van der Waals surface area contributed by atoms with Crippen molar-refractivity contribution in [1.82, 2.24) is 14.8 Å². The normalized spacial score (nSPS) is 25.1. The first-order chi connectivity index (χ1) is 9.80. The lowest BCUT2D eigenvalue weighted by Crippen LogP contribution is -2.44. The summed E-state index contributed by atoms with van der Waals surface area (Å²) in [6.45, 7) is 2.31. The van der Waals surface area contributed by atoms with Gasteiger partial charge in [0.25, 0.3) is 0 Å². The molecule has 2 aromatic rings. The highest BCUT2D eigenvalue weighted by Crippen LogP contribution is 2.33. The fourth-order valence-electron chi connectivity index (χ4n) is 3.53. The molecule has 20 heavy (non-hydrogen) atoms. The summed E-state index contributed by atoms with van der Waals surface area (Å²) in [5.74, 6) is 7.40. The first-order valence-electron chi connectivity index (χ1n) is 7.67. The predicted octanol–water partition coefficient (Wildman–Crippen LogP) is 2.99. The minimum atomic E-state index is 0.356. The highest BCUT2D eigenvalue weighted by Gasteiger charge is 2.27. The number of aromatic nitrogens is 2. The molecule has 0 amide bonds. The van der Waals surface area contributed by atoms with Gasteiger partial charge in [0.05, 0.1) is 5.69 Å². The number of nitrogens with one attached hydrogen (secondary N) is 1. The van der Waals surface area contributed by atoms with Crippen molar-refractivity contribution in [2.24, 2.45) is 17.7 Å². The zero-order valence-electron chi connectivity index (χ0n) is 12.1. The van der Waals surface area contributed by atoms with Crippen LogP contribution in [0.15, 0.2) is 17.8 Å². The van der Waals surface area contributed by atoms with Crippen molar-refractivity contribution in [3.63, 3.8) is 0 Å². The molecule has 5 heteroatoms. The molecule has 0 radical (unpaired) electrons. The third kappa shape index (κ3) is 2.90. The second-order valence-corrected chi connectivity index (χ2v) is 6.88. The average Bonchev–Trinajstić information content (AvgIpc) is 3.05. The van der Waals surface area contributed by atoms with E-state index in [4.69, 9.17) is 5.84 Å². The number of nitrogens with two attached hydrogens (primary N) is 1. The van der Waals surface area contributed by atoms with E-state index in [1.807, 2.05) is 0 Å². The highest BCUT2D eigenvalue weighted by atomic mass is 32.1. The summed E-state index contributed by atoms with van der Waals surface area (Å²) in [6.07, 6.45) is 11.8. The van der Waals surface area contributed by atoms with E-state index in [1.165, 1.54) is 32.1 Å². The SMILES string of the molecule is CCC1CCCC(C(Cc2cn3ccsc3n2)NN)C1. The van der Waals surface area contributed by atoms with Gasteiger partial charge in [0, 0.05) is 30.2 Å². The summed E-state index contributed by atoms with van der Waals surface area (Å²) >= 11 is 1.68. The van der Waals surface area contributed by atoms with E-state index in [1.54, 1.807) is 11.3 Å². The molecule has 3 rings (SSSR count). The molecule has 0 spiro atoms. The van der Waals surface area contributed by atoms with Crippen molar-refractivity contribution in [3.05, 3.63) is 23.5 Å². The van der Waals surface area contributed by atoms with Gasteiger partial charge in [-0.05, 0) is 24.7 Å². The van der Waals surface area contributed by atoms with Gasteiger partial charge in [-0.25, -0.2) is 4.98 Å². The molecule has 0 aromatic carbocycles. The summed E-state index contributed by atoms with van der Waals surface area (Å²) in [5.41, 5.74) is 4.21. The molecule has 2 aromatic heterocycles. The third-order valence-corrected chi connectivity index (χ3v) is 5.53. The average molecular weight is 292 g/mol. The lowest BCUT2D eigenvalue weighted by molar-refractivity contribution is 0.207. The van der Waals surface area contributed by atoms with Gasteiger partial charge >= 0.3 is 0 Å². The molecule has 1 aliphatic rings. The number of hydrazine groups is 1. The maximum Gasteiger partial charge on any atom is 0.193 e. The Hall–Kier alpha value is -0.910. The standard InChI is InChI=1S/C15H24N4S/c1-2-11-4-3-5-12(8-11)14(18-16)9-13-10-19-6-7-20-15(19)17-13/h6-7,10-12,14,18H,2-5,8-9,16H2,1H3. The van der Waals surface area contributed by atoms with Gasteiger partial charge in [-0.2, -0.15) is 0 Å². The zero-order chi connectivity index (χ0) is 13.9. The fourth-order valence-corrected chi connectivity index (χ4v) is 4.25. The monoisotopic (exact) mass is 292 g/mol. The molecular weight excluding hydrogens is 268 g/mol. The van der Waals surface area contributed by atoms with E-state index in [9.17, 15) is 0 Å². The number of fused-ring (bicyclic) bond motifs is 1. The molecule has 3 atom stereocenters. The predicted molar refractivity (Wildman–Crippen MR) is 83.6 cm³/mol. The van der Waals surface area contributed by atoms with Gasteiger partial charge in [0.15, 0.2) is 4.96 Å². The fraction of sp³-hybridized carbons (Fsp3) is 0.667. The van der Waals surface area contributed by atoms with Crippen molar-refractivity contribution in [1.29, 1.82) is 0 Å². The third-order valence-electron chi connectivity index (χ3n) is 4.76. The molecule has 0 bridgehead atoms. The molecule has 3 N–H and O–H groups in total. The van der Waals surface area contributed by atoms with Gasteiger partial charge in [0.2, 0.25) is 0 Å². The van der Waals surface area contributed by atoms with Crippen LogP contribution in [-0.2, 0) is 6.42 Å². The Bertz CT molecular complexity index is 518. The van der Waals surface area contributed by atoms with Crippen LogP contribution in [0.2, 0.25) is 0 Å². The van der Waals surface area contributed by atoms with Crippen LogP contribution in [0.3, 0.4) is 0 Å². The topological polar surface area (TPSA) is 55.3 Å². The summed E-state index contributed by atoms with van der Waals surface area (Å²) < 4.78 is 2.10. The Morgan fingerprint density at radius 1 is 1.55 bits per heavy atom. The van der Waals surface area contributed by atoms with Gasteiger partial charge in [-0.1, -0.05) is 26.2 Å². The molecule has 3 unspecified atom stereocenters. The minimum absolute atomic E-state index is 0.356. The summed E-state index contributed by atoms with van der Waals surface area (Å²) in [5, 5.41) is 2.07. The van der Waals surface area contributed by atoms with Crippen molar-refractivity contribution >= 4 is 16.3 Å². The van der Waals surface area contributed by atoms with Crippen LogP contribution in [-0.4, -0.2) is 15.4 Å². The van der Waals surface area contributed by atoms with Crippen LogP contribution in [0.5, 0.6) is 0 Å². The lowest BCUT2D eigenvalue weighted by Gasteiger charge is -2.33. The zero-order valence-corrected chi connectivity index (χ0v) is 12.9. The molecule has 1 aliphatic carbocycles. The molecular formula is C15H24N4S. The van der Waals surface area contributed by atoms with E-state index in [0.29, 0.717) is 12.0 Å². The first-order valence-corrected chi connectivity index (χ1v) is 8.55. The van der Waals surface area contributed by atoms with Crippen molar-refractivity contribution in [2.75, 3.05) is 0 Å². The van der Waals surface area contributed by atoms with Crippen LogP contribution >= 0.6 is 11.3 Å². The van der Waals surface area contributed by atoms with Gasteiger partial charge in [-0.15, -0.1) is 11.3 Å². The Morgan fingerprint density at radius 3 is 3.20 bits per heavy atom. The van der Waals surface area contributed by atoms with Gasteiger partial charge in [-0.3, -0.25) is 15.7 Å². The highest BCUT2D eigenvalue weighted by molar-refractivity contribution is 7.15. The van der Waals surface area contributed by atoms with Crippen LogP contribution in [0.4, 0.5) is 0 Å². The van der Waals surface area contributed by atoms with E-state index in [2.05, 4.69) is 39.5 Å². The number of hydrogen-bond acceptors (Lipinski definition) is 4. The number of imidazole rings is 1. The Balaban J connectivity index is 1.68. The van der Waals surface area contributed by atoms with E-state index >= 15 is 0 Å². The molecule has 4 nitrogen and oxygen atoms in total. The first kappa shape index (κ1) is 14.0. The maximum atomic E-state index is 5.83. The van der Waals surface area contributed by atoms with Crippen molar-refractivity contribution in [2.45, 2.75) is 51.5 Å². The van der Waals surface area contributed by atoms with E-state index in [-0.39, 0.29) is 0 Å². The molecule has 1 fully saturated rings. The smallest absolute Gasteiger partial charge is 0.193 e.